The molecule has 1 N–H and O–H groups in total. The molecule has 96 valence electrons. The zero-order chi connectivity index (χ0) is 13.1. The van der Waals surface area contributed by atoms with Crippen LogP contribution in [0.3, 0.4) is 0 Å². The Bertz CT molecular complexity index is 661. The second-order valence-electron chi connectivity index (χ2n) is 4.26. The summed E-state index contributed by atoms with van der Waals surface area (Å²) in [6.45, 7) is 2.14. The number of hydrogen-bond donors (Lipinski definition) is 1. The first-order valence-electron chi connectivity index (χ1n) is 6.25. The molecule has 0 radical (unpaired) electrons. The van der Waals surface area contributed by atoms with Crippen molar-refractivity contribution < 1.29 is 0 Å². The zero-order valence-corrected chi connectivity index (χ0v) is 11.4. The molecule has 19 heavy (non-hydrogen) atoms. The molecule has 0 spiro atoms. The molecule has 0 aliphatic rings. The van der Waals surface area contributed by atoms with Gasteiger partial charge < -0.3 is 5.32 Å². The van der Waals surface area contributed by atoms with Crippen LogP contribution in [0.5, 0.6) is 0 Å². The Morgan fingerprint density at radius 1 is 1.32 bits per heavy atom. The molecular weight excluding hydrogens is 256 g/mol. The fraction of sp³-hybridized carbons (Fsp3) is 0.214. The molecule has 0 saturated heterocycles. The molecule has 2 aromatic heterocycles. The fourth-order valence-corrected chi connectivity index (χ4v) is 2.82. The lowest BCUT2D eigenvalue weighted by molar-refractivity contribution is 0.735. The maximum Gasteiger partial charge on any atom is 0.157 e. The number of hydrogen-bond acceptors (Lipinski definition) is 5. The lowest BCUT2D eigenvalue weighted by atomic mass is 10.1. The minimum absolute atomic E-state index is 0.181. The van der Waals surface area contributed by atoms with Crippen LogP contribution in [0, 0.1) is 0 Å². The van der Waals surface area contributed by atoms with E-state index in [1.165, 1.54) is 0 Å². The van der Waals surface area contributed by atoms with Crippen molar-refractivity contribution in [2.75, 3.05) is 5.32 Å². The van der Waals surface area contributed by atoms with Gasteiger partial charge >= 0.3 is 0 Å². The average Bonchev–Trinajstić information content (AvgIpc) is 2.99. The summed E-state index contributed by atoms with van der Waals surface area (Å²) < 4.78 is 0. The molecular formula is C14H14N4S. The first-order valence-corrected chi connectivity index (χ1v) is 7.13. The minimum atomic E-state index is 0.181. The van der Waals surface area contributed by atoms with Crippen molar-refractivity contribution >= 4 is 27.9 Å². The Labute approximate surface area is 115 Å². The van der Waals surface area contributed by atoms with Crippen molar-refractivity contribution in [1.29, 1.82) is 0 Å². The molecule has 4 nitrogen and oxygen atoms in total. The van der Waals surface area contributed by atoms with Crippen molar-refractivity contribution in [3.05, 3.63) is 47.0 Å². The number of nitrogens with one attached hydrogen (secondary N) is 1. The lowest BCUT2D eigenvalue weighted by Gasteiger charge is -2.15. The van der Waals surface area contributed by atoms with Crippen LogP contribution in [0.2, 0.25) is 0 Å². The van der Waals surface area contributed by atoms with E-state index in [-0.39, 0.29) is 6.04 Å². The summed E-state index contributed by atoms with van der Waals surface area (Å²) in [6.07, 6.45) is 4.57. The quantitative estimate of drug-likeness (QED) is 0.786. The van der Waals surface area contributed by atoms with Crippen LogP contribution in [-0.2, 0) is 0 Å². The largest absolute Gasteiger partial charge is 0.359 e. The number of nitrogens with zero attached hydrogens (tertiary/aromatic N) is 3. The third-order valence-corrected chi connectivity index (χ3v) is 3.93. The van der Waals surface area contributed by atoms with E-state index in [1.54, 1.807) is 17.5 Å². The highest BCUT2D eigenvalue weighted by molar-refractivity contribution is 7.09. The number of fused-ring (bicyclic) bond motifs is 1. The molecule has 1 atom stereocenters. The van der Waals surface area contributed by atoms with E-state index in [0.29, 0.717) is 0 Å². The van der Waals surface area contributed by atoms with Crippen LogP contribution in [0.4, 0.5) is 5.82 Å². The SMILES string of the molecule is CCC(Nc1nncc2ccccc12)c1nccs1. The van der Waals surface area contributed by atoms with Crippen molar-refractivity contribution in [2.45, 2.75) is 19.4 Å². The van der Waals surface area contributed by atoms with E-state index >= 15 is 0 Å². The Hall–Kier alpha value is -2.01. The number of rotatable bonds is 4. The van der Waals surface area contributed by atoms with Crippen molar-refractivity contribution in [3.63, 3.8) is 0 Å². The normalized spacial score (nSPS) is 12.5. The topological polar surface area (TPSA) is 50.7 Å². The van der Waals surface area contributed by atoms with Gasteiger partial charge in [0.2, 0.25) is 0 Å². The predicted octanol–water partition coefficient (Wildman–Crippen LogP) is 3.65. The molecule has 3 aromatic rings. The number of aromatic nitrogens is 3. The summed E-state index contributed by atoms with van der Waals surface area (Å²) in [4.78, 5) is 4.37. The molecule has 0 aliphatic heterocycles. The summed E-state index contributed by atoms with van der Waals surface area (Å²) in [5.41, 5.74) is 0. The third kappa shape index (κ3) is 2.42. The summed E-state index contributed by atoms with van der Waals surface area (Å²) in [5, 5.41) is 17.0. The number of thiazole rings is 1. The molecule has 3 rings (SSSR count). The van der Waals surface area contributed by atoms with E-state index < -0.39 is 0 Å². The van der Waals surface area contributed by atoms with Crippen molar-refractivity contribution in [2.24, 2.45) is 0 Å². The van der Waals surface area contributed by atoms with Gasteiger partial charge in [-0.15, -0.1) is 16.4 Å². The standard InChI is InChI=1S/C14H14N4S/c1-2-12(14-15-7-8-19-14)17-13-11-6-4-3-5-10(11)9-16-18-13/h3-9,12H,2H2,1H3,(H,17,18). The first kappa shape index (κ1) is 12.0. The fourth-order valence-electron chi connectivity index (χ4n) is 2.04. The highest BCUT2D eigenvalue weighted by Gasteiger charge is 2.14. The lowest BCUT2D eigenvalue weighted by Crippen LogP contribution is -2.11. The van der Waals surface area contributed by atoms with E-state index in [0.717, 1.165) is 28.0 Å². The smallest absolute Gasteiger partial charge is 0.157 e. The third-order valence-electron chi connectivity index (χ3n) is 3.04. The van der Waals surface area contributed by atoms with E-state index in [9.17, 15) is 0 Å². The van der Waals surface area contributed by atoms with Crippen LogP contribution in [0.25, 0.3) is 10.8 Å². The van der Waals surface area contributed by atoms with E-state index in [4.69, 9.17) is 0 Å². The molecule has 5 heteroatoms. The maximum absolute atomic E-state index is 4.37. The molecule has 1 aromatic carbocycles. The van der Waals surface area contributed by atoms with Crippen LogP contribution in [0.1, 0.15) is 24.4 Å². The van der Waals surface area contributed by atoms with Gasteiger partial charge in [-0.3, -0.25) is 0 Å². The first-order chi connectivity index (χ1) is 9.38. The van der Waals surface area contributed by atoms with Crippen LogP contribution < -0.4 is 5.32 Å². The molecule has 0 bridgehead atoms. The van der Waals surface area contributed by atoms with Gasteiger partial charge in [0.05, 0.1) is 12.2 Å². The van der Waals surface area contributed by atoms with Gasteiger partial charge in [-0.05, 0) is 6.42 Å². The number of benzene rings is 1. The second-order valence-corrected chi connectivity index (χ2v) is 5.18. The Morgan fingerprint density at radius 3 is 3.00 bits per heavy atom. The van der Waals surface area contributed by atoms with Gasteiger partial charge in [0.15, 0.2) is 5.82 Å². The minimum Gasteiger partial charge on any atom is -0.359 e. The van der Waals surface area contributed by atoms with Crippen molar-refractivity contribution in [1.82, 2.24) is 15.2 Å². The summed E-state index contributed by atoms with van der Waals surface area (Å²) in [5.74, 6) is 0.820. The Balaban J connectivity index is 1.96. The molecule has 2 heterocycles. The molecule has 0 amide bonds. The van der Waals surface area contributed by atoms with Gasteiger partial charge in [0, 0.05) is 22.3 Å². The van der Waals surface area contributed by atoms with Gasteiger partial charge in [-0.1, -0.05) is 31.2 Å². The van der Waals surface area contributed by atoms with Gasteiger partial charge in [-0.2, -0.15) is 5.10 Å². The molecule has 0 saturated carbocycles. The monoisotopic (exact) mass is 270 g/mol. The Morgan fingerprint density at radius 2 is 2.21 bits per heavy atom. The van der Waals surface area contributed by atoms with Gasteiger partial charge in [0.1, 0.15) is 5.01 Å². The predicted molar refractivity (Wildman–Crippen MR) is 78.3 cm³/mol. The molecule has 0 fully saturated rings. The van der Waals surface area contributed by atoms with Crippen LogP contribution >= 0.6 is 11.3 Å². The molecule has 1 unspecified atom stereocenters. The van der Waals surface area contributed by atoms with Gasteiger partial charge in [-0.25, -0.2) is 4.98 Å². The average molecular weight is 270 g/mol. The summed E-state index contributed by atoms with van der Waals surface area (Å²) >= 11 is 1.66. The van der Waals surface area contributed by atoms with Crippen LogP contribution in [0.15, 0.2) is 42.0 Å². The highest BCUT2D eigenvalue weighted by Crippen LogP contribution is 2.26. The zero-order valence-electron chi connectivity index (χ0n) is 10.6. The molecule has 0 aliphatic carbocycles. The van der Waals surface area contributed by atoms with E-state index in [1.807, 2.05) is 29.8 Å². The second kappa shape index (κ2) is 5.32. The van der Waals surface area contributed by atoms with Crippen molar-refractivity contribution in [3.8, 4) is 0 Å². The summed E-state index contributed by atoms with van der Waals surface area (Å²) in [6, 6.07) is 8.30. The van der Waals surface area contributed by atoms with Crippen LogP contribution in [-0.4, -0.2) is 15.2 Å². The maximum atomic E-state index is 4.37. The van der Waals surface area contributed by atoms with E-state index in [2.05, 4.69) is 33.5 Å². The van der Waals surface area contributed by atoms with Gasteiger partial charge in [0.25, 0.3) is 0 Å². The summed E-state index contributed by atoms with van der Waals surface area (Å²) in [7, 11) is 0. The highest BCUT2D eigenvalue weighted by atomic mass is 32.1. The number of anilines is 1. The Kier molecular flexibility index (Phi) is 3.37.